The van der Waals surface area contributed by atoms with E-state index in [1.54, 1.807) is 25.5 Å². The molecule has 0 aromatic heterocycles. The lowest BCUT2D eigenvalue weighted by Crippen LogP contribution is -2.42. The van der Waals surface area contributed by atoms with Crippen molar-refractivity contribution in [3.05, 3.63) is 0 Å². The van der Waals surface area contributed by atoms with Gasteiger partial charge in [0.15, 0.2) is 0 Å². The first-order valence-electron chi connectivity index (χ1n) is 6.67. The Bertz CT molecular complexity index is 426. The van der Waals surface area contributed by atoms with Gasteiger partial charge in [-0.1, -0.05) is 0 Å². The van der Waals surface area contributed by atoms with Gasteiger partial charge in [0.2, 0.25) is 0 Å². The Morgan fingerprint density at radius 1 is 1.37 bits per heavy atom. The van der Waals surface area contributed by atoms with Crippen LogP contribution in [0, 0.1) is 11.3 Å². The van der Waals surface area contributed by atoms with Crippen molar-refractivity contribution in [1.82, 2.24) is 13.5 Å². The fourth-order valence-electron chi connectivity index (χ4n) is 3.48. The molecule has 2 aliphatic heterocycles. The maximum atomic E-state index is 12.2. The first kappa shape index (κ1) is 15.2. The average molecular weight is 291 g/mol. The molecule has 7 heteroatoms. The quantitative estimate of drug-likeness (QED) is 0.713. The molecule has 0 aromatic rings. The van der Waals surface area contributed by atoms with Crippen molar-refractivity contribution in [2.24, 2.45) is 11.3 Å². The van der Waals surface area contributed by atoms with Gasteiger partial charge in [0.1, 0.15) is 0 Å². The molecule has 0 aliphatic carbocycles. The lowest BCUT2D eigenvalue weighted by Gasteiger charge is -2.30. The molecule has 2 fully saturated rings. The van der Waals surface area contributed by atoms with Gasteiger partial charge in [0.25, 0.3) is 10.2 Å². The fourth-order valence-corrected chi connectivity index (χ4v) is 4.68. The van der Waals surface area contributed by atoms with Crippen molar-refractivity contribution in [3.8, 4) is 0 Å². The molecule has 0 amide bonds. The lowest BCUT2D eigenvalue weighted by atomic mass is 9.78. The van der Waals surface area contributed by atoms with Crippen LogP contribution in [-0.4, -0.2) is 83.0 Å². The van der Waals surface area contributed by atoms with E-state index in [9.17, 15) is 8.42 Å². The van der Waals surface area contributed by atoms with E-state index in [0.29, 0.717) is 25.6 Å². The van der Waals surface area contributed by atoms with Gasteiger partial charge in [0, 0.05) is 58.7 Å². The van der Waals surface area contributed by atoms with Gasteiger partial charge in [-0.05, 0) is 13.5 Å². The minimum atomic E-state index is -3.29. The second-order valence-corrected chi connectivity index (χ2v) is 8.23. The van der Waals surface area contributed by atoms with Crippen LogP contribution in [0.3, 0.4) is 0 Å². The third kappa shape index (κ3) is 2.67. The van der Waals surface area contributed by atoms with E-state index in [1.165, 1.54) is 4.31 Å². The Hall–Kier alpha value is -0.210. The molecular weight excluding hydrogens is 266 g/mol. The molecular formula is C12H25N3O3S. The van der Waals surface area contributed by atoms with E-state index >= 15 is 0 Å². The average Bonchev–Trinajstić information content (AvgIpc) is 2.86. The SMILES string of the molecule is COC[C@@H]1CN(C)C[C@@]12CCN(S(=O)(=O)N(C)C)C2. The van der Waals surface area contributed by atoms with Crippen molar-refractivity contribution in [1.29, 1.82) is 0 Å². The van der Waals surface area contributed by atoms with Gasteiger partial charge in [0.05, 0.1) is 6.61 Å². The maximum absolute atomic E-state index is 12.2. The monoisotopic (exact) mass is 291 g/mol. The number of ether oxygens (including phenoxy) is 1. The predicted octanol–water partition coefficient (Wildman–Crippen LogP) is -0.307. The first-order chi connectivity index (χ1) is 8.82. The van der Waals surface area contributed by atoms with Crippen molar-refractivity contribution in [2.45, 2.75) is 6.42 Å². The fraction of sp³-hybridized carbons (Fsp3) is 1.00. The summed E-state index contributed by atoms with van der Waals surface area (Å²) in [6.45, 7) is 3.89. The van der Waals surface area contributed by atoms with E-state index < -0.39 is 10.2 Å². The normalized spacial score (nSPS) is 33.8. The van der Waals surface area contributed by atoms with Gasteiger partial charge in [-0.2, -0.15) is 17.0 Å². The summed E-state index contributed by atoms with van der Waals surface area (Å²) < 4.78 is 32.7. The highest BCUT2D eigenvalue weighted by molar-refractivity contribution is 7.86. The number of hydrogen-bond donors (Lipinski definition) is 0. The number of rotatable bonds is 4. The Morgan fingerprint density at radius 3 is 2.63 bits per heavy atom. The van der Waals surface area contributed by atoms with Crippen LogP contribution in [0.4, 0.5) is 0 Å². The topological polar surface area (TPSA) is 53.1 Å². The number of nitrogens with zero attached hydrogens (tertiary/aromatic N) is 3. The zero-order valence-electron chi connectivity index (χ0n) is 12.3. The van der Waals surface area contributed by atoms with Gasteiger partial charge in [-0.15, -0.1) is 0 Å². The standard InChI is InChI=1S/C12H25N3O3S/c1-13(2)19(16,17)15-6-5-12(10-15)9-14(3)7-11(12)8-18-4/h11H,5-10H2,1-4H3/t11-,12+/m0/s1. The van der Waals surface area contributed by atoms with Gasteiger partial charge in [-0.3, -0.25) is 0 Å². The van der Waals surface area contributed by atoms with Crippen molar-refractivity contribution in [3.63, 3.8) is 0 Å². The highest BCUT2D eigenvalue weighted by Crippen LogP contribution is 2.44. The summed E-state index contributed by atoms with van der Waals surface area (Å²) in [5.41, 5.74) is 0.0633. The summed E-state index contributed by atoms with van der Waals surface area (Å²) in [5.74, 6) is 0.421. The molecule has 1 spiro atoms. The molecule has 2 aliphatic rings. The van der Waals surface area contributed by atoms with Crippen LogP contribution in [0.5, 0.6) is 0 Å². The smallest absolute Gasteiger partial charge is 0.281 e. The molecule has 0 unspecified atom stereocenters. The Kier molecular flexibility index (Phi) is 4.23. The lowest BCUT2D eigenvalue weighted by molar-refractivity contribution is 0.100. The second-order valence-electron chi connectivity index (χ2n) is 6.09. The van der Waals surface area contributed by atoms with E-state index in [0.717, 1.165) is 19.5 Å². The van der Waals surface area contributed by atoms with Crippen LogP contribution in [0.2, 0.25) is 0 Å². The zero-order chi connectivity index (χ0) is 14.3. The molecule has 2 rings (SSSR count). The van der Waals surface area contributed by atoms with Crippen LogP contribution in [0.15, 0.2) is 0 Å². The van der Waals surface area contributed by atoms with Gasteiger partial charge >= 0.3 is 0 Å². The molecule has 6 nitrogen and oxygen atoms in total. The molecule has 0 N–H and O–H groups in total. The molecule has 19 heavy (non-hydrogen) atoms. The van der Waals surface area contributed by atoms with E-state index in [4.69, 9.17) is 4.74 Å². The highest BCUT2D eigenvalue weighted by atomic mass is 32.2. The number of methoxy groups -OCH3 is 1. The Labute approximate surface area is 116 Å². The summed E-state index contributed by atoms with van der Waals surface area (Å²) in [6, 6.07) is 0. The van der Waals surface area contributed by atoms with Gasteiger partial charge in [-0.25, -0.2) is 0 Å². The van der Waals surface area contributed by atoms with Crippen LogP contribution in [0.1, 0.15) is 6.42 Å². The second kappa shape index (κ2) is 5.29. The first-order valence-corrected chi connectivity index (χ1v) is 8.06. The number of likely N-dealkylation sites (tertiary alicyclic amines) is 1. The van der Waals surface area contributed by atoms with Crippen molar-refractivity contribution in [2.75, 3.05) is 61.0 Å². The number of hydrogen-bond acceptors (Lipinski definition) is 4. The summed E-state index contributed by atoms with van der Waals surface area (Å²) in [7, 11) is 3.71. The van der Waals surface area contributed by atoms with Crippen molar-refractivity contribution < 1.29 is 13.2 Å². The summed E-state index contributed by atoms with van der Waals surface area (Å²) >= 11 is 0. The largest absolute Gasteiger partial charge is 0.384 e. The van der Waals surface area contributed by atoms with E-state index in [1.807, 2.05) is 0 Å². The maximum Gasteiger partial charge on any atom is 0.281 e. The molecule has 2 heterocycles. The summed E-state index contributed by atoms with van der Waals surface area (Å²) in [5, 5.41) is 0. The van der Waals surface area contributed by atoms with Crippen LogP contribution in [0.25, 0.3) is 0 Å². The minimum absolute atomic E-state index is 0.0633. The molecule has 0 aromatic carbocycles. The minimum Gasteiger partial charge on any atom is -0.384 e. The summed E-state index contributed by atoms with van der Waals surface area (Å²) in [4.78, 5) is 2.29. The summed E-state index contributed by atoms with van der Waals surface area (Å²) in [6.07, 6.45) is 0.929. The highest BCUT2D eigenvalue weighted by Gasteiger charge is 2.51. The van der Waals surface area contributed by atoms with E-state index in [2.05, 4.69) is 11.9 Å². The third-order valence-corrected chi connectivity index (χ3v) is 6.38. The van der Waals surface area contributed by atoms with E-state index in [-0.39, 0.29) is 5.41 Å². The Balaban J connectivity index is 2.16. The molecule has 2 saturated heterocycles. The zero-order valence-corrected chi connectivity index (χ0v) is 13.1. The predicted molar refractivity (Wildman–Crippen MR) is 74.1 cm³/mol. The van der Waals surface area contributed by atoms with Crippen LogP contribution < -0.4 is 0 Å². The molecule has 0 radical (unpaired) electrons. The molecule has 2 atom stereocenters. The Morgan fingerprint density at radius 2 is 2.05 bits per heavy atom. The van der Waals surface area contributed by atoms with Crippen LogP contribution in [-0.2, 0) is 14.9 Å². The molecule has 0 saturated carbocycles. The molecule has 0 bridgehead atoms. The van der Waals surface area contributed by atoms with Gasteiger partial charge < -0.3 is 9.64 Å². The molecule has 112 valence electrons. The third-order valence-electron chi connectivity index (χ3n) is 4.49. The van der Waals surface area contributed by atoms with Crippen LogP contribution >= 0.6 is 0 Å². The van der Waals surface area contributed by atoms with Crippen molar-refractivity contribution >= 4 is 10.2 Å².